The van der Waals surface area contributed by atoms with Gasteiger partial charge in [-0.05, 0) is 70.6 Å². The maximum absolute atomic E-state index is 12.5. The number of rotatable bonds is 11. The minimum Gasteiger partial charge on any atom is -0.462 e. The van der Waals surface area contributed by atoms with Crippen LogP contribution in [0.1, 0.15) is 41.8 Å². The predicted octanol–water partition coefficient (Wildman–Crippen LogP) is 5.44. The Morgan fingerprint density at radius 3 is 2.29 bits per heavy atom. The van der Waals surface area contributed by atoms with Crippen LogP contribution in [0, 0.1) is 6.92 Å². The second kappa shape index (κ2) is 13.5. The molecule has 0 radical (unpaired) electrons. The quantitative estimate of drug-likeness (QED) is 0.257. The Morgan fingerprint density at radius 1 is 1.00 bits per heavy atom. The van der Waals surface area contributed by atoms with Crippen molar-refractivity contribution in [2.24, 2.45) is 0 Å². The summed E-state index contributed by atoms with van der Waals surface area (Å²) in [6.07, 6.45) is 0.964. The van der Waals surface area contributed by atoms with Crippen LogP contribution in [0.3, 0.4) is 0 Å². The Labute approximate surface area is 215 Å². The highest BCUT2D eigenvalue weighted by Gasteiger charge is 2.13. The van der Waals surface area contributed by atoms with Gasteiger partial charge in [0.05, 0.1) is 0 Å². The number of nitrogens with one attached hydrogen (secondary N) is 1. The van der Waals surface area contributed by atoms with Crippen molar-refractivity contribution in [3.05, 3.63) is 83.1 Å². The van der Waals surface area contributed by atoms with E-state index in [2.05, 4.69) is 66.9 Å². The van der Waals surface area contributed by atoms with Crippen LogP contribution in [-0.4, -0.2) is 67.8 Å². The molecule has 3 rings (SSSR count). The molecule has 0 atom stereocenters. The van der Waals surface area contributed by atoms with Gasteiger partial charge in [-0.2, -0.15) is 0 Å². The molecular formula is C29H39N3O2S. The molecule has 188 valence electrons. The van der Waals surface area contributed by atoms with Crippen LogP contribution in [0.4, 0.5) is 0 Å². The molecule has 0 spiro atoms. The summed E-state index contributed by atoms with van der Waals surface area (Å²) in [7, 11) is 2.16. The first-order valence-electron chi connectivity index (χ1n) is 12.3. The number of ether oxygens (including phenoxy) is 1. The van der Waals surface area contributed by atoms with Gasteiger partial charge in [0.25, 0.3) is 5.91 Å². The Kier molecular flexibility index (Phi) is 10.5. The first kappa shape index (κ1) is 27.1. The molecule has 2 aromatic carbocycles. The molecule has 0 saturated carbocycles. The maximum Gasteiger partial charge on any atom is 0.251 e. The monoisotopic (exact) mass is 493 g/mol. The van der Waals surface area contributed by atoms with Crippen molar-refractivity contribution in [2.75, 3.05) is 52.1 Å². The number of carbonyl (C=O) groups is 1. The molecule has 6 heteroatoms. The van der Waals surface area contributed by atoms with Crippen LogP contribution < -0.4 is 5.32 Å². The van der Waals surface area contributed by atoms with Gasteiger partial charge in [0, 0.05) is 54.5 Å². The summed E-state index contributed by atoms with van der Waals surface area (Å²) in [6.45, 7) is 16.4. The summed E-state index contributed by atoms with van der Waals surface area (Å²) in [5.41, 5.74) is 3.96. The number of benzene rings is 2. The van der Waals surface area contributed by atoms with Gasteiger partial charge in [0.1, 0.15) is 11.5 Å². The number of nitrogens with zero attached hydrogens (tertiary/aromatic N) is 2. The lowest BCUT2D eigenvalue weighted by Gasteiger charge is -2.32. The second-order valence-corrected chi connectivity index (χ2v) is 10.3. The summed E-state index contributed by atoms with van der Waals surface area (Å²) in [6, 6.07) is 16.0. The van der Waals surface area contributed by atoms with E-state index in [1.54, 1.807) is 11.8 Å². The molecule has 35 heavy (non-hydrogen) atoms. The topological polar surface area (TPSA) is 44.8 Å². The van der Waals surface area contributed by atoms with Crippen molar-refractivity contribution in [2.45, 2.75) is 32.1 Å². The van der Waals surface area contributed by atoms with Gasteiger partial charge >= 0.3 is 0 Å². The lowest BCUT2D eigenvalue weighted by atomic mass is 10.1. The van der Waals surface area contributed by atoms with E-state index in [-0.39, 0.29) is 5.91 Å². The molecule has 2 aromatic rings. The molecule has 0 aliphatic carbocycles. The minimum absolute atomic E-state index is 0.0403. The fourth-order valence-corrected chi connectivity index (χ4v) is 4.66. The first-order valence-corrected chi connectivity index (χ1v) is 13.3. The van der Waals surface area contributed by atoms with Gasteiger partial charge in [-0.3, -0.25) is 4.79 Å². The van der Waals surface area contributed by atoms with E-state index in [4.69, 9.17) is 4.74 Å². The zero-order chi connectivity index (χ0) is 25.2. The summed E-state index contributed by atoms with van der Waals surface area (Å²) >= 11 is 1.79. The van der Waals surface area contributed by atoms with Gasteiger partial charge in [-0.15, -0.1) is 11.8 Å². The van der Waals surface area contributed by atoms with E-state index < -0.39 is 0 Å². The van der Waals surface area contributed by atoms with Crippen LogP contribution in [-0.2, 0) is 4.74 Å². The maximum atomic E-state index is 12.5. The number of allylic oxidation sites excluding steroid dienone is 1. The summed E-state index contributed by atoms with van der Waals surface area (Å²) < 4.78 is 6.01. The van der Waals surface area contributed by atoms with E-state index in [0.717, 1.165) is 56.2 Å². The van der Waals surface area contributed by atoms with Crippen LogP contribution in [0.2, 0.25) is 0 Å². The molecule has 0 bridgehead atoms. The van der Waals surface area contributed by atoms with Gasteiger partial charge in [0.2, 0.25) is 0 Å². The highest BCUT2D eigenvalue weighted by Crippen LogP contribution is 2.25. The van der Waals surface area contributed by atoms with Crippen LogP contribution >= 0.6 is 11.8 Å². The molecule has 1 fully saturated rings. The highest BCUT2D eigenvalue weighted by atomic mass is 32.2. The van der Waals surface area contributed by atoms with Crippen molar-refractivity contribution in [3.63, 3.8) is 0 Å². The first-order chi connectivity index (χ1) is 16.8. The third kappa shape index (κ3) is 8.88. The molecule has 1 aliphatic heterocycles. The molecule has 1 amide bonds. The number of hydrogen-bond acceptors (Lipinski definition) is 5. The fraction of sp³-hybridized carbons (Fsp3) is 0.414. The molecule has 1 heterocycles. The Hall–Kier alpha value is -2.54. The number of carbonyl (C=O) groups excluding carboxylic acids is 1. The average molecular weight is 494 g/mol. The van der Waals surface area contributed by atoms with Crippen molar-refractivity contribution >= 4 is 23.4 Å². The van der Waals surface area contributed by atoms with Gasteiger partial charge in [-0.1, -0.05) is 36.4 Å². The Bertz CT molecular complexity index is 1010. The normalized spacial score (nSPS) is 15.4. The summed E-state index contributed by atoms with van der Waals surface area (Å²) in [5, 5.41) is 3.03. The minimum atomic E-state index is -0.0403. The lowest BCUT2D eigenvalue weighted by molar-refractivity contribution is 0.0949. The molecule has 1 N–H and O–H groups in total. The Balaban J connectivity index is 1.42. The van der Waals surface area contributed by atoms with E-state index in [1.165, 1.54) is 16.0 Å². The molecular weight excluding hydrogens is 454 g/mol. The van der Waals surface area contributed by atoms with Crippen molar-refractivity contribution in [3.8, 4) is 0 Å². The Morgan fingerprint density at radius 2 is 1.63 bits per heavy atom. The van der Waals surface area contributed by atoms with Crippen molar-refractivity contribution < 1.29 is 9.53 Å². The van der Waals surface area contributed by atoms with E-state index >= 15 is 0 Å². The number of likely N-dealkylation sites (N-methyl/N-ethyl adjacent to an activating group) is 1. The van der Waals surface area contributed by atoms with Crippen LogP contribution in [0.25, 0.3) is 5.76 Å². The standard InChI is InChI=1S/C29H39N3O2S/c1-22-7-13-28(14-8-22)35-21-23(2)24(3)34-25(4)26-9-11-27(12-10-26)29(33)30-15-6-16-32-19-17-31(5)18-20-32/h7-14H,4,6,15-21H2,1-3,5H3,(H,30,33)/b24-23+. The zero-order valence-corrected chi connectivity index (χ0v) is 22.4. The SMILES string of the molecule is C=C(O/C(C)=C(\C)CSc1ccc(C)cc1)c1ccc(C(=O)NCCCN2CCN(C)CC2)cc1. The molecule has 1 aliphatic rings. The number of piperazine rings is 1. The van der Waals surface area contributed by atoms with E-state index in [9.17, 15) is 4.79 Å². The molecule has 1 saturated heterocycles. The van der Waals surface area contributed by atoms with E-state index in [0.29, 0.717) is 17.9 Å². The third-order valence-corrected chi connectivity index (χ3v) is 7.54. The molecule has 0 aromatic heterocycles. The number of amides is 1. The highest BCUT2D eigenvalue weighted by molar-refractivity contribution is 7.99. The van der Waals surface area contributed by atoms with Crippen LogP contribution in [0.15, 0.2) is 71.3 Å². The van der Waals surface area contributed by atoms with Crippen molar-refractivity contribution in [1.82, 2.24) is 15.1 Å². The van der Waals surface area contributed by atoms with Gasteiger partial charge in [-0.25, -0.2) is 0 Å². The second-order valence-electron chi connectivity index (χ2n) is 9.30. The number of aryl methyl sites for hydroxylation is 1. The number of hydrogen-bond donors (Lipinski definition) is 1. The molecule has 5 nitrogen and oxygen atoms in total. The van der Waals surface area contributed by atoms with Crippen LogP contribution in [0.5, 0.6) is 0 Å². The average Bonchev–Trinajstić information content (AvgIpc) is 2.87. The smallest absolute Gasteiger partial charge is 0.251 e. The lowest BCUT2D eigenvalue weighted by Crippen LogP contribution is -2.45. The van der Waals surface area contributed by atoms with Gasteiger partial charge < -0.3 is 19.9 Å². The largest absolute Gasteiger partial charge is 0.462 e. The molecule has 0 unspecified atom stereocenters. The summed E-state index contributed by atoms with van der Waals surface area (Å²) in [5.74, 6) is 2.26. The van der Waals surface area contributed by atoms with Gasteiger partial charge in [0.15, 0.2) is 0 Å². The predicted molar refractivity (Wildman–Crippen MR) is 148 cm³/mol. The summed E-state index contributed by atoms with van der Waals surface area (Å²) in [4.78, 5) is 18.6. The van der Waals surface area contributed by atoms with Crippen molar-refractivity contribution in [1.29, 1.82) is 0 Å². The zero-order valence-electron chi connectivity index (χ0n) is 21.6. The number of thioether (sulfide) groups is 1. The van der Waals surface area contributed by atoms with E-state index in [1.807, 2.05) is 31.2 Å². The fourth-order valence-electron chi connectivity index (χ4n) is 3.74. The third-order valence-electron chi connectivity index (χ3n) is 6.36.